The largest absolute Gasteiger partial charge is 0.508 e. The van der Waals surface area contributed by atoms with E-state index in [9.17, 15) is 15.0 Å². The predicted octanol–water partition coefficient (Wildman–Crippen LogP) is 5.86. The summed E-state index contributed by atoms with van der Waals surface area (Å²) in [4.78, 5) is 14.2. The standard InChI is InChI=1S/C23H27N3O3.C2H6/c1-13(2)17-10-19(22(28)11-21(17)27)15(4)26(23(29)24-5)16-7-8-20-18(9-16)14(3)12-25(20)6;1-2/h7-13,27-28H,4H2,1-3,5-6H3,(H,24,29);1-2H3. The van der Waals surface area contributed by atoms with E-state index in [1.165, 1.54) is 11.0 Å². The molecule has 3 aromatic rings. The topological polar surface area (TPSA) is 77.7 Å². The van der Waals surface area contributed by atoms with Crippen LogP contribution in [0.5, 0.6) is 11.5 Å². The molecule has 0 atom stereocenters. The molecule has 0 unspecified atom stereocenters. The van der Waals surface area contributed by atoms with Gasteiger partial charge in [-0.15, -0.1) is 0 Å². The van der Waals surface area contributed by atoms with Crippen molar-refractivity contribution in [3.63, 3.8) is 0 Å². The zero-order valence-corrected chi connectivity index (χ0v) is 19.4. The SMILES string of the molecule is C=C(c1cc(C(C)C)c(O)cc1O)N(C(=O)NC)c1ccc2c(c1)c(C)cn2C.CC. The summed E-state index contributed by atoms with van der Waals surface area (Å²) in [6.07, 6.45) is 2.04. The van der Waals surface area contributed by atoms with Crippen LogP contribution < -0.4 is 10.2 Å². The first kappa shape index (κ1) is 23.9. The Morgan fingerprint density at radius 3 is 2.35 bits per heavy atom. The van der Waals surface area contributed by atoms with Crippen molar-refractivity contribution in [3.8, 4) is 11.5 Å². The highest BCUT2D eigenvalue weighted by Crippen LogP contribution is 2.38. The molecule has 0 aliphatic heterocycles. The first-order valence-corrected chi connectivity index (χ1v) is 10.5. The molecule has 0 aliphatic rings. The molecule has 3 N–H and O–H groups in total. The van der Waals surface area contributed by atoms with Crippen molar-refractivity contribution in [1.82, 2.24) is 9.88 Å². The number of carbonyl (C=O) groups excluding carboxylic acids is 1. The van der Waals surface area contributed by atoms with E-state index < -0.39 is 0 Å². The fraction of sp³-hybridized carbons (Fsp3) is 0.320. The monoisotopic (exact) mass is 423 g/mol. The summed E-state index contributed by atoms with van der Waals surface area (Å²) in [6.45, 7) is 14.0. The summed E-state index contributed by atoms with van der Waals surface area (Å²) in [6, 6.07) is 8.34. The van der Waals surface area contributed by atoms with Crippen molar-refractivity contribution in [1.29, 1.82) is 0 Å². The van der Waals surface area contributed by atoms with Gasteiger partial charge in [0.15, 0.2) is 0 Å². The van der Waals surface area contributed by atoms with Crippen molar-refractivity contribution in [2.24, 2.45) is 7.05 Å². The lowest BCUT2D eigenvalue weighted by Gasteiger charge is -2.26. The summed E-state index contributed by atoms with van der Waals surface area (Å²) in [5.41, 5.74) is 4.17. The van der Waals surface area contributed by atoms with E-state index >= 15 is 0 Å². The van der Waals surface area contributed by atoms with Crippen LogP contribution in [0.15, 0.2) is 43.1 Å². The number of phenols is 2. The van der Waals surface area contributed by atoms with Crippen LogP contribution in [-0.2, 0) is 7.05 Å². The molecule has 0 spiro atoms. The zero-order valence-electron chi connectivity index (χ0n) is 19.4. The van der Waals surface area contributed by atoms with Crippen LogP contribution in [0.3, 0.4) is 0 Å². The molecule has 2 aromatic carbocycles. The lowest BCUT2D eigenvalue weighted by atomic mass is 9.97. The Balaban J connectivity index is 0.00000166. The van der Waals surface area contributed by atoms with Crippen LogP contribution in [0.2, 0.25) is 0 Å². The van der Waals surface area contributed by atoms with E-state index in [0.717, 1.165) is 16.5 Å². The maximum Gasteiger partial charge on any atom is 0.326 e. The molecule has 0 fully saturated rings. The number of aryl methyl sites for hydroxylation is 2. The Morgan fingerprint density at radius 2 is 1.77 bits per heavy atom. The summed E-state index contributed by atoms with van der Waals surface area (Å²) < 4.78 is 2.04. The molecular weight excluding hydrogens is 390 g/mol. The van der Waals surface area contributed by atoms with E-state index in [4.69, 9.17) is 0 Å². The number of amides is 2. The smallest absolute Gasteiger partial charge is 0.326 e. The van der Waals surface area contributed by atoms with Gasteiger partial charge in [0.2, 0.25) is 0 Å². The van der Waals surface area contributed by atoms with Crippen molar-refractivity contribution >= 4 is 28.3 Å². The van der Waals surface area contributed by atoms with Crippen LogP contribution in [0, 0.1) is 6.92 Å². The molecule has 0 saturated heterocycles. The van der Waals surface area contributed by atoms with E-state index in [1.54, 1.807) is 13.1 Å². The number of hydrogen-bond donors (Lipinski definition) is 3. The molecule has 0 radical (unpaired) electrons. The molecule has 2 amide bonds. The van der Waals surface area contributed by atoms with Crippen LogP contribution in [0.4, 0.5) is 10.5 Å². The number of aromatic hydroxyl groups is 2. The number of carbonyl (C=O) groups is 1. The highest BCUT2D eigenvalue weighted by molar-refractivity contribution is 6.06. The normalized spacial score (nSPS) is 10.6. The minimum Gasteiger partial charge on any atom is -0.508 e. The zero-order chi connectivity index (χ0) is 23.5. The van der Waals surface area contributed by atoms with Crippen LogP contribution in [0.1, 0.15) is 50.3 Å². The second-order valence-electron chi connectivity index (χ2n) is 7.54. The second-order valence-corrected chi connectivity index (χ2v) is 7.54. The van der Waals surface area contributed by atoms with Gasteiger partial charge in [-0.3, -0.25) is 4.90 Å². The number of aromatic nitrogens is 1. The Bertz CT molecular complexity index is 1110. The van der Waals surface area contributed by atoms with E-state index in [0.29, 0.717) is 22.5 Å². The molecule has 6 nitrogen and oxygen atoms in total. The Kier molecular flexibility index (Phi) is 7.39. The fourth-order valence-corrected chi connectivity index (χ4v) is 3.63. The molecule has 1 aromatic heterocycles. The average Bonchev–Trinajstić information content (AvgIpc) is 3.02. The highest BCUT2D eigenvalue weighted by atomic mass is 16.3. The minimum absolute atomic E-state index is 0.0156. The Hall–Kier alpha value is -3.41. The third-order valence-corrected chi connectivity index (χ3v) is 5.20. The van der Waals surface area contributed by atoms with Crippen molar-refractivity contribution < 1.29 is 15.0 Å². The molecule has 0 aliphatic carbocycles. The van der Waals surface area contributed by atoms with Gasteiger partial charge in [-0.25, -0.2) is 4.79 Å². The molecule has 0 bridgehead atoms. The van der Waals surface area contributed by atoms with Gasteiger partial charge in [-0.1, -0.05) is 34.3 Å². The summed E-state index contributed by atoms with van der Waals surface area (Å²) in [5.74, 6) is -0.0800. The molecular formula is C25H33N3O3. The number of fused-ring (bicyclic) bond motifs is 1. The van der Waals surface area contributed by atoms with Gasteiger partial charge in [-0.05, 0) is 48.2 Å². The molecule has 6 heteroatoms. The Labute approximate surface area is 184 Å². The van der Waals surface area contributed by atoms with Crippen molar-refractivity contribution in [2.45, 2.75) is 40.5 Å². The Morgan fingerprint density at radius 1 is 1.13 bits per heavy atom. The molecule has 31 heavy (non-hydrogen) atoms. The molecule has 166 valence electrons. The number of hydrogen-bond acceptors (Lipinski definition) is 3. The average molecular weight is 424 g/mol. The highest BCUT2D eigenvalue weighted by Gasteiger charge is 2.23. The van der Waals surface area contributed by atoms with Crippen LogP contribution in [0.25, 0.3) is 16.6 Å². The number of urea groups is 1. The lowest BCUT2D eigenvalue weighted by Crippen LogP contribution is -2.36. The van der Waals surface area contributed by atoms with Gasteiger partial charge >= 0.3 is 6.03 Å². The minimum atomic E-state index is -0.374. The van der Waals surface area contributed by atoms with Gasteiger partial charge in [0.1, 0.15) is 11.5 Å². The third-order valence-electron chi connectivity index (χ3n) is 5.20. The van der Waals surface area contributed by atoms with E-state index in [1.807, 2.05) is 70.6 Å². The number of phenolic OH excluding ortho intramolecular Hbond substituents is 2. The maximum absolute atomic E-state index is 12.8. The summed E-state index contributed by atoms with van der Waals surface area (Å²) >= 11 is 0. The fourth-order valence-electron chi connectivity index (χ4n) is 3.63. The first-order chi connectivity index (χ1) is 14.6. The van der Waals surface area contributed by atoms with E-state index in [2.05, 4.69) is 11.9 Å². The first-order valence-electron chi connectivity index (χ1n) is 10.5. The quantitative estimate of drug-likeness (QED) is 0.491. The number of nitrogens with one attached hydrogen (secondary N) is 1. The summed E-state index contributed by atoms with van der Waals surface area (Å²) in [7, 11) is 3.53. The molecule has 1 heterocycles. The lowest BCUT2D eigenvalue weighted by molar-refractivity contribution is 0.250. The number of rotatable bonds is 4. The van der Waals surface area contributed by atoms with Crippen molar-refractivity contribution in [2.75, 3.05) is 11.9 Å². The number of benzene rings is 2. The second kappa shape index (κ2) is 9.60. The van der Waals surface area contributed by atoms with Gasteiger partial charge in [0.05, 0.1) is 11.4 Å². The van der Waals surface area contributed by atoms with Crippen LogP contribution >= 0.6 is 0 Å². The third kappa shape index (κ3) is 4.53. The number of anilines is 1. The van der Waals surface area contributed by atoms with Crippen molar-refractivity contribution in [3.05, 3.63) is 59.8 Å². The predicted molar refractivity (Wildman–Crippen MR) is 129 cm³/mol. The van der Waals surface area contributed by atoms with Crippen LogP contribution in [-0.4, -0.2) is 27.9 Å². The number of nitrogens with zero attached hydrogens (tertiary/aromatic N) is 2. The van der Waals surface area contributed by atoms with Gasteiger partial charge in [0, 0.05) is 42.8 Å². The molecule has 3 rings (SSSR count). The van der Waals surface area contributed by atoms with Gasteiger partial charge in [-0.2, -0.15) is 0 Å². The van der Waals surface area contributed by atoms with Gasteiger partial charge in [0.25, 0.3) is 0 Å². The van der Waals surface area contributed by atoms with Gasteiger partial charge < -0.3 is 20.1 Å². The molecule has 0 saturated carbocycles. The van der Waals surface area contributed by atoms with E-state index in [-0.39, 0.29) is 23.4 Å². The maximum atomic E-state index is 12.8. The summed E-state index contributed by atoms with van der Waals surface area (Å²) in [5, 5.41) is 24.3.